The van der Waals surface area contributed by atoms with Crippen molar-refractivity contribution in [2.24, 2.45) is 5.92 Å². The smallest absolute Gasteiger partial charge is 0.148 e. The number of aromatic hydroxyl groups is 1. The third-order valence-corrected chi connectivity index (χ3v) is 12.3. The van der Waals surface area contributed by atoms with Gasteiger partial charge in [0.25, 0.3) is 0 Å². The van der Waals surface area contributed by atoms with Gasteiger partial charge in [-0.3, -0.25) is 9.55 Å². The van der Waals surface area contributed by atoms with Crippen LogP contribution >= 0.6 is 0 Å². The number of pyridine rings is 1. The molecular weight excluding hydrogens is 950 g/mol. The largest absolute Gasteiger partial charge is 0.507 e. The van der Waals surface area contributed by atoms with Crippen LogP contribution in [0.25, 0.3) is 83.9 Å². The summed E-state index contributed by atoms with van der Waals surface area (Å²) in [5, 5.41) is 11.4. The molecule has 1 aliphatic rings. The first-order chi connectivity index (χ1) is 31.0. The van der Waals surface area contributed by atoms with Gasteiger partial charge in [-0.1, -0.05) is 184 Å². The van der Waals surface area contributed by atoms with Crippen LogP contribution in [0.3, 0.4) is 0 Å². The number of imidazole rings is 1. The Morgan fingerprint density at radius 1 is 0.635 bits per heavy atom. The van der Waals surface area contributed by atoms with Gasteiger partial charge in [-0.05, 0) is 87.5 Å². The maximum atomic E-state index is 11.4. The van der Waals surface area contributed by atoms with Gasteiger partial charge >= 0.3 is 0 Å². The minimum absolute atomic E-state index is 0. The molecule has 0 spiro atoms. The van der Waals surface area contributed by atoms with Crippen LogP contribution in [0.2, 0.25) is 0 Å². The van der Waals surface area contributed by atoms with E-state index in [1.807, 2.05) is 66.9 Å². The average Bonchev–Trinajstić information content (AvgIpc) is 4.02. The Kier molecular flexibility index (Phi) is 11.2. The molecule has 0 amide bonds. The molecule has 9 aromatic rings. The molecule has 0 radical (unpaired) electrons. The maximum Gasteiger partial charge on any atom is 0.148 e. The second-order valence-corrected chi connectivity index (χ2v) is 17.5. The molecule has 7 aromatic carbocycles. The van der Waals surface area contributed by atoms with Crippen LogP contribution in [0.1, 0.15) is 60.3 Å². The molecule has 0 unspecified atom stereocenters. The van der Waals surface area contributed by atoms with Crippen LogP contribution in [0, 0.1) is 12.0 Å². The zero-order valence-corrected chi connectivity index (χ0v) is 38.0. The van der Waals surface area contributed by atoms with Crippen LogP contribution < -0.4 is 0 Å². The maximum absolute atomic E-state index is 11.4. The van der Waals surface area contributed by atoms with E-state index in [9.17, 15) is 5.11 Å². The number of fused-ring (bicyclic) bond motifs is 1. The standard InChI is InChI=1S/C58H50N3O.Pt/c1-58(2,3)48-29-30-53(51(38-48)43-19-8-5-9-20-43)61-54-23-14-22-49(56(54)60-57(61)50-21-12-13-24-55(50)62)46-34-45(41-17-6-4-7-18-41)35-47(36-46)52-37-44(31-32-59-52)42-27-25-40(26-28-42)33-39-15-10-11-16-39;/h4-9,12-14,17-32,34-35,37-39,62H,10-11,15-16,33H2,1-3H3;/q-1;/i33D2;. The molecule has 2 heterocycles. The molecule has 1 aliphatic carbocycles. The quantitative estimate of drug-likeness (QED) is 0.147. The fourth-order valence-corrected chi connectivity index (χ4v) is 8.92. The van der Waals surface area contributed by atoms with Crippen LogP contribution in [-0.4, -0.2) is 19.6 Å². The normalized spacial score (nSPS) is 13.7. The molecule has 0 aliphatic heterocycles. The summed E-state index contributed by atoms with van der Waals surface area (Å²) in [5.41, 5.74) is 14.8. The van der Waals surface area contributed by atoms with Gasteiger partial charge in [0.2, 0.25) is 0 Å². The SMILES string of the molecule is [2H]C([2H])(c1ccc(-c2ccnc(-c3[c-]c(-c4cccc5c4nc(-c4ccccc4O)n5-c4ccc(C(C)(C)C)cc4-c4ccccc4)cc(-c4ccccc4)c3)c2)cc1)C1CCCC1.[Pt]. The van der Waals surface area contributed by atoms with Crippen molar-refractivity contribution in [2.45, 2.75) is 58.2 Å². The first-order valence-electron chi connectivity index (χ1n) is 22.7. The first-order valence-corrected chi connectivity index (χ1v) is 21.7. The van der Waals surface area contributed by atoms with Crippen molar-refractivity contribution < 1.29 is 28.9 Å². The van der Waals surface area contributed by atoms with Crippen molar-refractivity contribution >= 4 is 11.0 Å². The van der Waals surface area contributed by atoms with Crippen molar-refractivity contribution in [1.29, 1.82) is 0 Å². The van der Waals surface area contributed by atoms with Crippen LogP contribution in [-0.2, 0) is 32.9 Å². The van der Waals surface area contributed by atoms with Gasteiger partial charge in [-0.2, -0.15) is 0 Å². The summed E-state index contributed by atoms with van der Waals surface area (Å²) < 4.78 is 20.1. The van der Waals surface area contributed by atoms with E-state index in [0.29, 0.717) is 11.4 Å². The molecule has 1 fully saturated rings. The molecule has 10 rings (SSSR count). The molecule has 0 saturated heterocycles. The number of aromatic nitrogens is 3. The van der Waals surface area contributed by atoms with Gasteiger partial charge in [0.05, 0.1) is 22.3 Å². The third-order valence-electron chi connectivity index (χ3n) is 12.3. The molecule has 4 nitrogen and oxygen atoms in total. The molecule has 63 heavy (non-hydrogen) atoms. The Labute approximate surface area is 388 Å². The summed E-state index contributed by atoms with van der Waals surface area (Å²) in [4.78, 5) is 10.4. The zero-order chi connectivity index (χ0) is 44.0. The average molecular weight is 1000 g/mol. The summed E-state index contributed by atoms with van der Waals surface area (Å²) in [6.07, 6.45) is 4.59. The van der Waals surface area contributed by atoms with Crippen molar-refractivity contribution in [3.63, 3.8) is 0 Å². The van der Waals surface area contributed by atoms with Gasteiger partial charge in [0.1, 0.15) is 11.6 Å². The second kappa shape index (κ2) is 17.8. The van der Waals surface area contributed by atoms with E-state index in [1.165, 1.54) is 5.56 Å². The van der Waals surface area contributed by atoms with Crippen LogP contribution in [0.15, 0.2) is 176 Å². The van der Waals surface area contributed by atoms with Gasteiger partial charge < -0.3 is 5.11 Å². The van der Waals surface area contributed by atoms with Crippen LogP contribution in [0.4, 0.5) is 0 Å². The van der Waals surface area contributed by atoms with E-state index in [1.54, 1.807) is 6.07 Å². The minimum Gasteiger partial charge on any atom is -0.507 e. The van der Waals surface area contributed by atoms with Gasteiger partial charge in [0, 0.05) is 41.3 Å². The number of hydrogen-bond donors (Lipinski definition) is 1. The Balaban J connectivity index is 0.00000533. The molecule has 0 atom stereocenters. The van der Waals surface area contributed by atoms with E-state index in [-0.39, 0.29) is 38.1 Å². The fraction of sp³-hybridized carbons (Fsp3) is 0.172. The number of para-hydroxylation sites is 2. The van der Waals surface area contributed by atoms with E-state index >= 15 is 0 Å². The third kappa shape index (κ3) is 8.58. The molecule has 0 bridgehead atoms. The molecule has 1 saturated carbocycles. The van der Waals surface area contributed by atoms with Crippen molar-refractivity contribution in [3.8, 4) is 78.6 Å². The topological polar surface area (TPSA) is 50.9 Å². The summed E-state index contributed by atoms with van der Waals surface area (Å²) in [5.74, 6) is 0.856. The number of phenols is 1. The second-order valence-electron chi connectivity index (χ2n) is 17.5. The molecular formula is C58H50N3OPt-. The molecule has 314 valence electrons. The van der Waals surface area contributed by atoms with Crippen molar-refractivity contribution in [2.75, 3.05) is 0 Å². The fourth-order valence-electron chi connectivity index (χ4n) is 8.92. The molecule has 1 N–H and O–H groups in total. The number of benzene rings is 7. The van der Waals surface area contributed by atoms with E-state index in [2.05, 4.69) is 135 Å². The predicted molar refractivity (Wildman–Crippen MR) is 256 cm³/mol. The Morgan fingerprint density at radius 2 is 1.30 bits per heavy atom. The minimum atomic E-state index is -1.34. The predicted octanol–water partition coefficient (Wildman–Crippen LogP) is 15.0. The van der Waals surface area contributed by atoms with Gasteiger partial charge in [0.15, 0.2) is 0 Å². The number of hydrogen-bond acceptors (Lipinski definition) is 3. The zero-order valence-electron chi connectivity index (χ0n) is 37.8. The monoisotopic (exact) mass is 1000 g/mol. The Morgan fingerprint density at radius 3 is 2.03 bits per heavy atom. The summed E-state index contributed by atoms with van der Waals surface area (Å²) in [6, 6.07) is 61.5. The first kappa shape index (κ1) is 39.5. The summed E-state index contributed by atoms with van der Waals surface area (Å²) in [7, 11) is 0. The molecule has 2 aromatic heterocycles. The van der Waals surface area contributed by atoms with Gasteiger partial charge in [-0.25, -0.2) is 4.98 Å². The number of rotatable bonds is 9. The van der Waals surface area contributed by atoms with E-state index < -0.39 is 6.37 Å². The van der Waals surface area contributed by atoms with E-state index in [0.717, 1.165) is 104 Å². The summed E-state index contributed by atoms with van der Waals surface area (Å²) in [6.45, 7) is 6.71. The van der Waals surface area contributed by atoms with Crippen LogP contribution in [0.5, 0.6) is 5.75 Å². The van der Waals surface area contributed by atoms with E-state index in [4.69, 9.17) is 12.7 Å². The molecule has 5 heteroatoms. The number of phenolic OH excluding ortho intramolecular Hbond substituents is 1. The van der Waals surface area contributed by atoms with Crippen molar-refractivity contribution in [1.82, 2.24) is 14.5 Å². The van der Waals surface area contributed by atoms with Gasteiger partial charge in [-0.15, -0.1) is 23.8 Å². The summed E-state index contributed by atoms with van der Waals surface area (Å²) >= 11 is 0. The number of nitrogens with zero attached hydrogens (tertiary/aromatic N) is 3. The Hall–Kier alpha value is -6.35. The van der Waals surface area contributed by atoms with Crippen molar-refractivity contribution in [3.05, 3.63) is 193 Å². The Bertz CT molecular complexity index is 3130.